The van der Waals surface area contributed by atoms with Crippen LogP contribution < -0.4 is 5.32 Å². The monoisotopic (exact) mass is 474 g/mol. The van der Waals surface area contributed by atoms with Crippen LogP contribution in [0.15, 0.2) is 69.7 Å². The van der Waals surface area contributed by atoms with Crippen LogP contribution in [0.3, 0.4) is 0 Å². The van der Waals surface area contributed by atoms with Crippen molar-refractivity contribution in [1.82, 2.24) is 15.2 Å². The first-order valence-corrected chi connectivity index (χ1v) is 12.1. The number of furan rings is 1. The number of fused-ring (bicyclic) bond motifs is 1. The third-order valence-corrected chi connectivity index (χ3v) is 7.73. The minimum Gasteiger partial charge on any atom is -0.467 e. The zero-order valence-corrected chi connectivity index (χ0v) is 19.1. The summed E-state index contributed by atoms with van der Waals surface area (Å²) in [4.78, 5) is 41.7. The highest BCUT2D eigenvalue weighted by atomic mass is 32.1. The maximum atomic E-state index is 13.4. The van der Waals surface area contributed by atoms with Crippen molar-refractivity contribution in [2.75, 3.05) is 6.54 Å². The molecule has 1 aromatic carbocycles. The number of carbonyl (C=O) groups excluding carboxylic acids is 3. The Hall–Kier alpha value is -3.72. The zero-order chi connectivity index (χ0) is 23.3. The summed E-state index contributed by atoms with van der Waals surface area (Å²) in [6.45, 7) is -0.369. The van der Waals surface area contributed by atoms with E-state index in [-0.39, 0.29) is 12.5 Å². The fourth-order valence-electron chi connectivity index (χ4n) is 5.09. The smallest absolute Gasteiger partial charge is 0.325 e. The first kappa shape index (κ1) is 20.9. The van der Waals surface area contributed by atoms with Gasteiger partial charge in [0, 0.05) is 12.8 Å². The third kappa shape index (κ3) is 3.35. The number of hydrogen-bond donors (Lipinski definition) is 1. The van der Waals surface area contributed by atoms with Gasteiger partial charge < -0.3 is 9.73 Å². The van der Waals surface area contributed by atoms with Gasteiger partial charge in [0.25, 0.3) is 11.8 Å². The van der Waals surface area contributed by atoms with E-state index < -0.39 is 23.5 Å². The number of hydrogen-bond acceptors (Lipinski definition) is 6. The van der Waals surface area contributed by atoms with Crippen LogP contribution >= 0.6 is 11.3 Å². The highest BCUT2D eigenvalue weighted by molar-refractivity contribution is 7.12. The summed E-state index contributed by atoms with van der Waals surface area (Å²) in [7, 11) is 0. The van der Waals surface area contributed by atoms with Crippen molar-refractivity contribution in [3.8, 4) is 0 Å². The Morgan fingerprint density at radius 3 is 2.76 bits per heavy atom. The minimum absolute atomic E-state index is 0.350. The van der Waals surface area contributed by atoms with Gasteiger partial charge >= 0.3 is 6.03 Å². The number of rotatable bonds is 4. The Balaban J connectivity index is 1.24. The van der Waals surface area contributed by atoms with Crippen molar-refractivity contribution in [3.63, 3.8) is 0 Å². The summed E-state index contributed by atoms with van der Waals surface area (Å²) < 4.78 is 5.58. The number of imide groups is 1. The standard InChI is InChI=1S/C25H22N4O4S/c30-22(29-19(20-7-3-11-33-20)13-18(27-29)21-8-4-12-34-21)15-28-23(31)25(26-24(28)32)10-9-16-5-1-2-6-17(16)14-25/h1-8,11-12,19H,9-10,13-15H2,(H,26,32). The molecule has 3 aliphatic rings. The van der Waals surface area contributed by atoms with Gasteiger partial charge in [-0.1, -0.05) is 30.3 Å². The van der Waals surface area contributed by atoms with Crippen LogP contribution in [0.2, 0.25) is 0 Å². The first-order valence-electron chi connectivity index (χ1n) is 11.2. The van der Waals surface area contributed by atoms with Crippen LogP contribution in [0.5, 0.6) is 0 Å². The van der Waals surface area contributed by atoms with E-state index in [4.69, 9.17) is 4.42 Å². The lowest BCUT2D eigenvalue weighted by Gasteiger charge is -2.32. The van der Waals surface area contributed by atoms with E-state index in [0.717, 1.165) is 21.1 Å². The average Bonchev–Trinajstić information content (AvgIpc) is 3.64. The quantitative estimate of drug-likeness (QED) is 0.586. The van der Waals surface area contributed by atoms with E-state index in [9.17, 15) is 14.4 Å². The number of benzene rings is 1. The van der Waals surface area contributed by atoms with Crippen molar-refractivity contribution in [1.29, 1.82) is 0 Å². The molecule has 6 rings (SSSR count). The lowest BCUT2D eigenvalue weighted by atomic mass is 9.78. The van der Waals surface area contributed by atoms with Crippen LogP contribution in [0, 0.1) is 0 Å². The Morgan fingerprint density at radius 1 is 1.15 bits per heavy atom. The number of nitrogens with zero attached hydrogens (tertiary/aromatic N) is 3. The summed E-state index contributed by atoms with van der Waals surface area (Å²) in [6.07, 6.45) is 3.70. The molecular weight excluding hydrogens is 452 g/mol. The van der Waals surface area contributed by atoms with E-state index in [1.807, 2.05) is 35.7 Å². The van der Waals surface area contributed by atoms with E-state index in [0.29, 0.717) is 31.4 Å². The molecule has 2 unspecified atom stereocenters. The van der Waals surface area contributed by atoms with Crippen LogP contribution in [-0.2, 0) is 22.4 Å². The lowest BCUT2D eigenvalue weighted by Crippen LogP contribution is -2.51. The molecule has 4 amide bonds. The van der Waals surface area contributed by atoms with Gasteiger partial charge in [0.1, 0.15) is 23.9 Å². The molecule has 1 N–H and O–H groups in total. The molecule has 0 bridgehead atoms. The van der Waals surface area contributed by atoms with E-state index >= 15 is 0 Å². The predicted octanol–water partition coefficient (Wildman–Crippen LogP) is 3.50. The summed E-state index contributed by atoms with van der Waals surface area (Å²) in [6, 6.07) is 14.5. The maximum absolute atomic E-state index is 13.4. The van der Waals surface area contributed by atoms with Crippen molar-refractivity contribution in [2.24, 2.45) is 5.10 Å². The molecule has 2 aliphatic heterocycles. The number of nitrogens with one attached hydrogen (secondary N) is 1. The molecule has 1 fully saturated rings. The van der Waals surface area contributed by atoms with Gasteiger partial charge in [-0.25, -0.2) is 9.80 Å². The normalized spacial score (nSPS) is 23.9. The lowest BCUT2D eigenvalue weighted by molar-refractivity contribution is -0.140. The number of urea groups is 1. The molecule has 0 saturated carbocycles. The van der Waals surface area contributed by atoms with Crippen molar-refractivity contribution in [2.45, 2.75) is 37.3 Å². The molecule has 172 valence electrons. The third-order valence-electron chi connectivity index (χ3n) is 6.81. The second-order valence-electron chi connectivity index (χ2n) is 8.85. The molecule has 9 heteroatoms. The van der Waals surface area contributed by atoms with Gasteiger partial charge in [0.2, 0.25) is 0 Å². The highest BCUT2D eigenvalue weighted by Crippen LogP contribution is 2.36. The molecule has 3 aromatic rings. The largest absolute Gasteiger partial charge is 0.467 e. The molecule has 1 saturated heterocycles. The van der Waals surface area contributed by atoms with Gasteiger partial charge in [-0.2, -0.15) is 5.10 Å². The number of carbonyl (C=O) groups is 3. The maximum Gasteiger partial charge on any atom is 0.325 e. The van der Waals surface area contributed by atoms with Crippen LogP contribution in [-0.4, -0.2) is 45.5 Å². The van der Waals surface area contributed by atoms with Gasteiger partial charge in [0.05, 0.1) is 16.9 Å². The average molecular weight is 475 g/mol. The van der Waals surface area contributed by atoms with Crippen molar-refractivity contribution >= 4 is 34.9 Å². The Labute approximate surface area is 199 Å². The Kier molecular flexibility index (Phi) is 4.88. The van der Waals surface area contributed by atoms with Gasteiger partial charge in [-0.15, -0.1) is 11.3 Å². The second-order valence-corrected chi connectivity index (χ2v) is 9.79. The second kappa shape index (κ2) is 7.95. The molecule has 1 spiro atoms. The summed E-state index contributed by atoms with van der Waals surface area (Å²) in [5.41, 5.74) is 2.03. The molecule has 1 aliphatic carbocycles. The van der Waals surface area contributed by atoms with Gasteiger partial charge in [-0.3, -0.25) is 14.5 Å². The van der Waals surface area contributed by atoms with E-state index in [2.05, 4.69) is 16.5 Å². The Bertz CT molecular complexity index is 1300. The number of amides is 4. The van der Waals surface area contributed by atoms with Crippen LogP contribution in [0.1, 0.15) is 40.6 Å². The number of thiophene rings is 1. The Morgan fingerprint density at radius 2 is 2.00 bits per heavy atom. The van der Waals surface area contributed by atoms with E-state index in [1.54, 1.807) is 29.7 Å². The fraction of sp³-hybridized carbons (Fsp3) is 0.280. The number of aryl methyl sites for hydroxylation is 1. The van der Waals surface area contributed by atoms with Crippen LogP contribution in [0.25, 0.3) is 0 Å². The van der Waals surface area contributed by atoms with E-state index in [1.165, 1.54) is 10.6 Å². The molecular formula is C25H22N4O4S. The zero-order valence-electron chi connectivity index (χ0n) is 18.3. The number of hydrazone groups is 1. The van der Waals surface area contributed by atoms with Crippen molar-refractivity contribution < 1.29 is 18.8 Å². The summed E-state index contributed by atoms with van der Waals surface area (Å²) in [5.74, 6) is -0.164. The highest BCUT2D eigenvalue weighted by Gasteiger charge is 2.53. The predicted molar refractivity (Wildman–Crippen MR) is 125 cm³/mol. The van der Waals surface area contributed by atoms with Gasteiger partial charge in [-0.05, 0) is 47.5 Å². The van der Waals surface area contributed by atoms with Crippen LogP contribution in [0.4, 0.5) is 4.79 Å². The van der Waals surface area contributed by atoms with Gasteiger partial charge in [0.15, 0.2) is 0 Å². The summed E-state index contributed by atoms with van der Waals surface area (Å²) in [5, 5.41) is 10.8. The summed E-state index contributed by atoms with van der Waals surface area (Å²) >= 11 is 1.55. The molecule has 2 aromatic heterocycles. The molecule has 4 heterocycles. The van der Waals surface area contributed by atoms with Crippen molar-refractivity contribution in [3.05, 3.63) is 81.9 Å². The molecule has 34 heavy (non-hydrogen) atoms. The fourth-order valence-corrected chi connectivity index (χ4v) is 5.81. The molecule has 0 radical (unpaired) electrons. The molecule has 8 nitrogen and oxygen atoms in total. The first-order chi connectivity index (χ1) is 16.5. The minimum atomic E-state index is -0.997. The SMILES string of the molecule is O=C1NC2(CCc3ccccc3C2)C(=O)N1CC(=O)N1N=C(c2cccs2)CC1c1ccco1. The molecule has 2 atom stereocenters. The topological polar surface area (TPSA) is 95.2 Å².